The Kier molecular flexibility index (Phi) is 5.96. The fourth-order valence-electron chi connectivity index (χ4n) is 2.46. The maximum Gasteiger partial charge on any atom is 0.243 e. The van der Waals surface area contributed by atoms with Gasteiger partial charge in [0.2, 0.25) is 15.9 Å². The summed E-state index contributed by atoms with van der Waals surface area (Å²) in [6.07, 6.45) is 1.69. The SMILES string of the molecule is CC(=O)Nc1cc(F)c(S(=O)(=O)NCCC2CCNC2)cc1Cl. The van der Waals surface area contributed by atoms with Crippen molar-refractivity contribution in [2.24, 2.45) is 5.92 Å². The molecule has 6 nitrogen and oxygen atoms in total. The molecule has 1 amide bonds. The Hall–Kier alpha value is -1.22. The number of hydrogen-bond donors (Lipinski definition) is 3. The van der Waals surface area contributed by atoms with Gasteiger partial charge in [0.05, 0.1) is 10.7 Å². The van der Waals surface area contributed by atoms with E-state index >= 15 is 0 Å². The molecule has 0 spiro atoms. The first-order chi connectivity index (χ1) is 10.8. The number of nitrogens with one attached hydrogen (secondary N) is 3. The molecule has 0 aromatic heterocycles. The van der Waals surface area contributed by atoms with Crippen molar-refractivity contribution in [3.8, 4) is 0 Å². The van der Waals surface area contributed by atoms with E-state index in [0.29, 0.717) is 12.3 Å². The third-order valence-electron chi connectivity index (χ3n) is 3.63. The van der Waals surface area contributed by atoms with Crippen molar-refractivity contribution in [1.82, 2.24) is 10.0 Å². The number of anilines is 1. The van der Waals surface area contributed by atoms with Gasteiger partial charge in [0.25, 0.3) is 0 Å². The quantitative estimate of drug-likeness (QED) is 0.718. The van der Waals surface area contributed by atoms with Crippen LogP contribution in [0.25, 0.3) is 0 Å². The van der Waals surface area contributed by atoms with E-state index < -0.39 is 26.6 Å². The predicted octanol–water partition coefficient (Wildman–Crippen LogP) is 1.72. The summed E-state index contributed by atoms with van der Waals surface area (Å²) in [4.78, 5) is 10.5. The summed E-state index contributed by atoms with van der Waals surface area (Å²) in [6, 6.07) is 1.90. The molecule has 128 valence electrons. The summed E-state index contributed by atoms with van der Waals surface area (Å²) in [5, 5.41) is 5.50. The van der Waals surface area contributed by atoms with E-state index in [2.05, 4.69) is 15.4 Å². The molecule has 1 atom stereocenters. The van der Waals surface area contributed by atoms with Crippen molar-refractivity contribution in [2.45, 2.75) is 24.7 Å². The summed E-state index contributed by atoms with van der Waals surface area (Å²) in [5.74, 6) is -0.966. The Morgan fingerprint density at radius 1 is 1.48 bits per heavy atom. The zero-order chi connectivity index (χ0) is 17.0. The van der Waals surface area contributed by atoms with Crippen LogP contribution in [0, 0.1) is 11.7 Å². The lowest BCUT2D eigenvalue weighted by Crippen LogP contribution is -2.27. The largest absolute Gasteiger partial charge is 0.325 e. The minimum absolute atomic E-state index is 0.0349. The van der Waals surface area contributed by atoms with Gasteiger partial charge in [-0.3, -0.25) is 4.79 Å². The molecule has 2 rings (SSSR count). The van der Waals surface area contributed by atoms with Crippen LogP contribution in [-0.2, 0) is 14.8 Å². The van der Waals surface area contributed by atoms with Crippen molar-refractivity contribution >= 4 is 33.2 Å². The fourth-order valence-corrected chi connectivity index (χ4v) is 3.86. The summed E-state index contributed by atoms with van der Waals surface area (Å²) >= 11 is 5.91. The van der Waals surface area contributed by atoms with Gasteiger partial charge >= 0.3 is 0 Å². The zero-order valence-electron chi connectivity index (χ0n) is 12.7. The average Bonchev–Trinajstić information content (AvgIpc) is 2.94. The molecule has 9 heteroatoms. The number of rotatable bonds is 6. The molecule has 0 radical (unpaired) electrons. The molecule has 1 heterocycles. The first kappa shape index (κ1) is 18.1. The number of carbonyl (C=O) groups is 1. The van der Waals surface area contributed by atoms with Crippen LogP contribution in [-0.4, -0.2) is 34.0 Å². The summed E-state index contributed by atoms with van der Waals surface area (Å²) < 4.78 is 40.9. The number of sulfonamides is 1. The van der Waals surface area contributed by atoms with Crippen LogP contribution >= 0.6 is 11.6 Å². The minimum atomic E-state index is -3.99. The van der Waals surface area contributed by atoms with E-state index in [-0.39, 0.29) is 17.3 Å². The van der Waals surface area contributed by atoms with E-state index in [0.717, 1.165) is 31.6 Å². The number of benzene rings is 1. The van der Waals surface area contributed by atoms with Crippen LogP contribution in [0.3, 0.4) is 0 Å². The van der Waals surface area contributed by atoms with E-state index in [4.69, 9.17) is 11.6 Å². The summed E-state index contributed by atoms with van der Waals surface area (Å²) in [5.41, 5.74) is 0.0349. The highest BCUT2D eigenvalue weighted by Crippen LogP contribution is 2.28. The van der Waals surface area contributed by atoms with E-state index in [9.17, 15) is 17.6 Å². The lowest BCUT2D eigenvalue weighted by atomic mass is 10.1. The average molecular weight is 364 g/mol. The molecule has 0 aliphatic carbocycles. The lowest BCUT2D eigenvalue weighted by molar-refractivity contribution is -0.114. The molecule has 23 heavy (non-hydrogen) atoms. The van der Waals surface area contributed by atoms with Gasteiger partial charge in [0.1, 0.15) is 10.7 Å². The van der Waals surface area contributed by atoms with E-state index in [1.807, 2.05) is 0 Å². The second kappa shape index (κ2) is 7.57. The predicted molar refractivity (Wildman–Crippen MR) is 86.5 cm³/mol. The molecule has 0 saturated carbocycles. The standard InChI is InChI=1S/C14H19ClFN3O3S/c1-9(20)19-13-7-12(16)14(6-11(13)15)23(21,22)18-5-3-10-2-4-17-8-10/h6-7,10,17-18H,2-5,8H2,1H3,(H,19,20). The lowest BCUT2D eigenvalue weighted by Gasteiger charge is -2.12. The Morgan fingerprint density at radius 3 is 2.83 bits per heavy atom. The molecule has 1 aliphatic heterocycles. The maximum atomic E-state index is 14.1. The molecule has 3 N–H and O–H groups in total. The maximum absolute atomic E-state index is 14.1. The highest BCUT2D eigenvalue weighted by atomic mass is 35.5. The Balaban J connectivity index is 2.09. The van der Waals surface area contributed by atoms with Crippen LogP contribution in [0.5, 0.6) is 0 Å². The highest BCUT2D eigenvalue weighted by molar-refractivity contribution is 7.89. The summed E-state index contributed by atoms with van der Waals surface area (Å²) in [6.45, 7) is 3.29. The zero-order valence-corrected chi connectivity index (χ0v) is 14.2. The van der Waals surface area contributed by atoms with E-state index in [1.54, 1.807) is 0 Å². The molecular formula is C14H19ClFN3O3S. The number of hydrogen-bond acceptors (Lipinski definition) is 4. The smallest absolute Gasteiger partial charge is 0.243 e. The Bertz CT molecular complexity index is 691. The van der Waals surface area contributed by atoms with Crippen molar-refractivity contribution in [3.63, 3.8) is 0 Å². The van der Waals surface area contributed by atoms with Crippen molar-refractivity contribution in [3.05, 3.63) is 23.0 Å². The fraction of sp³-hybridized carbons (Fsp3) is 0.500. The van der Waals surface area contributed by atoms with Gasteiger partial charge in [-0.25, -0.2) is 17.5 Å². The minimum Gasteiger partial charge on any atom is -0.325 e. The third-order valence-corrected chi connectivity index (χ3v) is 5.42. The number of halogens is 2. The molecule has 0 bridgehead atoms. The van der Waals surface area contributed by atoms with Gasteiger partial charge in [0.15, 0.2) is 0 Å². The van der Waals surface area contributed by atoms with Crippen molar-refractivity contribution < 1.29 is 17.6 Å². The van der Waals surface area contributed by atoms with Crippen LogP contribution in [0.15, 0.2) is 17.0 Å². The van der Waals surface area contributed by atoms with Crippen LogP contribution in [0.4, 0.5) is 10.1 Å². The second-order valence-electron chi connectivity index (χ2n) is 5.49. The Morgan fingerprint density at radius 2 is 2.22 bits per heavy atom. The molecule has 1 aliphatic rings. The molecule has 1 aromatic rings. The van der Waals surface area contributed by atoms with Crippen LogP contribution in [0.2, 0.25) is 5.02 Å². The van der Waals surface area contributed by atoms with Crippen molar-refractivity contribution in [1.29, 1.82) is 0 Å². The molecule has 1 fully saturated rings. The molecule has 1 aromatic carbocycles. The van der Waals surface area contributed by atoms with Gasteiger partial charge in [-0.05, 0) is 37.9 Å². The second-order valence-corrected chi connectivity index (χ2v) is 7.63. The first-order valence-electron chi connectivity index (χ1n) is 7.26. The van der Waals surface area contributed by atoms with Gasteiger partial charge in [0, 0.05) is 19.5 Å². The Labute approximate surface area is 139 Å². The first-order valence-corrected chi connectivity index (χ1v) is 9.12. The summed E-state index contributed by atoms with van der Waals surface area (Å²) in [7, 11) is -3.99. The molecule has 1 unspecified atom stereocenters. The molecular weight excluding hydrogens is 345 g/mol. The van der Waals surface area contributed by atoms with Crippen LogP contribution in [0.1, 0.15) is 19.8 Å². The van der Waals surface area contributed by atoms with E-state index in [1.165, 1.54) is 6.92 Å². The van der Waals surface area contributed by atoms with Crippen molar-refractivity contribution in [2.75, 3.05) is 25.0 Å². The van der Waals surface area contributed by atoms with Gasteiger partial charge in [-0.2, -0.15) is 0 Å². The number of carbonyl (C=O) groups excluding carboxylic acids is 1. The van der Waals surface area contributed by atoms with Gasteiger partial charge in [-0.15, -0.1) is 0 Å². The highest BCUT2D eigenvalue weighted by Gasteiger charge is 2.22. The third kappa shape index (κ3) is 4.87. The number of amides is 1. The monoisotopic (exact) mass is 363 g/mol. The van der Waals surface area contributed by atoms with Crippen LogP contribution < -0.4 is 15.4 Å². The molecule has 1 saturated heterocycles. The van der Waals surface area contributed by atoms with Gasteiger partial charge in [-0.1, -0.05) is 11.6 Å². The van der Waals surface area contributed by atoms with Gasteiger partial charge < -0.3 is 10.6 Å². The normalized spacial score (nSPS) is 18.1. The topological polar surface area (TPSA) is 87.3 Å².